The minimum atomic E-state index is -1.10. The van der Waals surface area contributed by atoms with Crippen molar-refractivity contribution in [1.82, 2.24) is 15.2 Å². The Kier molecular flexibility index (Phi) is 8.56. The molecular weight excluding hydrogens is 432 g/mol. The molecular formula is C26H38N4O4. The van der Waals surface area contributed by atoms with Crippen LogP contribution in [0.4, 0.5) is 5.82 Å². The average molecular weight is 471 g/mol. The van der Waals surface area contributed by atoms with Gasteiger partial charge < -0.3 is 20.8 Å². The normalized spacial score (nSPS) is 20.7. The van der Waals surface area contributed by atoms with E-state index in [1.54, 1.807) is 0 Å². The zero-order valence-corrected chi connectivity index (χ0v) is 20.0. The van der Waals surface area contributed by atoms with Crippen LogP contribution in [0.2, 0.25) is 0 Å². The minimum absolute atomic E-state index is 0.0479. The topological polar surface area (TPSA) is 115 Å². The lowest BCUT2D eigenvalue weighted by atomic mass is 9.69. The molecule has 0 spiro atoms. The van der Waals surface area contributed by atoms with E-state index in [-0.39, 0.29) is 18.9 Å². The first-order chi connectivity index (χ1) is 16.5. The van der Waals surface area contributed by atoms with Crippen LogP contribution in [-0.2, 0) is 22.6 Å². The van der Waals surface area contributed by atoms with E-state index in [0.717, 1.165) is 56.1 Å². The summed E-state index contributed by atoms with van der Waals surface area (Å²) in [5, 5.41) is 23.5. The second-order valence-electron chi connectivity index (χ2n) is 9.95. The van der Waals surface area contributed by atoms with Crippen LogP contribution in [-0.4, -0.2) is 64.3 Å². The predicted octanol–water partition coefficient (Wildman–Crippen LogP) is 2.86. The number of rotatable bonds is 7. The van der Waals surface area contributed by atoms with E-state index in [9.17, 15) is 9.59 Å². The molecule has 0 radical (unpaired) electrons. The monoisotopic (exact) mass is 470 g/mol. The Morgan fingerprint density at radius 3 is 2.62 bits per heavy atom. The summed E-state index contributed by atoms with van der Waals surface area (Å²) >= 11 is 0. The Balaban J connectivity index is 0.000000161. The van der Waals surface area contributed by atoms with E-state index < -0.39 is 12.0 Å². The third-order valence-electron chi connectivity index (χ3n) is 7.38. The molecule has 8 heteroatoms. The fourth-order valence-electron chi connectivity index (χ4n) is 5.32. The smallest absolute Gasteiger partial charge is 0.326 e. The number of carboxylic acids is 1. The highest BCUT2D eigenvalue weighted by Crippen LogP contribution is 2.44. The number of carbonyl (C=O) groups excluding carboxylic acids is 1. The van der Waals surface area contributed by atoms with E-state index >= 15 is 0 Å². The lowest BCUT2D eigenvalue weighted by Crippen LogP contribution is -2.43. The number of aliphatic hydroxyl groups excluding tert-OH is 1. The highest BCUT2D eigenvalue weighted by molar-refractivity contribution is 5.97. The quantitative estimate of drug-likeness (QED) is 0.484. The second-order valence-corrected chi connectivity index (χ2v) is 9.95. The summed E-state index contributed by atoms with van der Waals surface area (Å²) in [6.45, 7) is 4.34. The summed E-state index contributed by atoms with van der Waals surface area (Å²) in [4.78, 5) is 30.0. The van der Waals surface area contributed by atoms with Gasteiger partial charge in [-0.15, -0.1) is 0 Å². The lowest BCUT2D eigenvalue weighted by Gasteiger charge is -2.37. The molecule has 0 aromatic carbocycles. The number of nitrogens with zero attached hydrogens (tertiary/aromatic N) is 2. The molecule has 1 saturated carbocycles. The van der Waals surface area contributed by atoms with E-state index in [0.29, 0.717) is 0 Å². The number of carboxylic acid groups (broad SMARTS) is 1. The Labute approximate surface area is 201 Å². The molecule has 1 atom stereocenters. The fraction of sp³-hybridized carbons (Fsp3) is 0.654. The van der Waals surface area contributed by atoms with E-state index in [2.05, 4.69) is 27.7 Å². The molecule has 6 rings (SSSR count). The SMILES string of the molecule is O=C(NC(CCO)C(=O)O)C1=C2CC(CC1)C2.c1cc2c(nc1CN1CCCCC1)NCCC2. The third-order valence-corrected chi connectivity index (χ3v) is 7.38. The third kappa shape index (κ3) is 6.36. The molecule has 1 aromatic rings. The van der Waals surface area contributed by atoms with Gasteiger partial charge in [-0.2, -0.15) is 0 Å². The molecule has 1 saturated heterocycles. The van der Waals surface area contributed by atoms with Crippen LogP contribution in [0.25, 0.3) is 0 Å². The zero-order valence-electron chi connectivity index (χ0n) is 20.0. The summed E-state index contributed by atoms with van der Waals surface area (Å²) in [6, 6.07) is 3.48. The van der Waals surface area contributed by atoms with Gasteiger partial charge in [-0.1, -0.05) is 18.1 Å². The van der Waals surface area contributed by atoms with E-state index in [4.69, 9.17) is 15.2 Å². The molecule has 8 nitrogen and oxygen atoms in total. The second kappa shape index (κ2) is 11.8. The standard InChI is InChI=1S/C14H21N3.C12H17NO4/c1-2-9-17(10-3-1)11-13-7-6-12-5-4-8-15-14(12)16-13;14-4-3-10(12(16)17)13-11(15)9-2-1-7-5-8(9)6-7/h6-7H,1-5,8-11H2,(H,15,16);7,10,14H,1-6H2,(H,13,15)(H,16,17). The van der Waals surface area contributed by atoms with Gasteiger partial charge in [-0.3, -0.25) is 9.69 Å². The number of carbonyl (C=O) groups is 2. The number of aliphatic carboxylic acids is 1. The van der Waals surface area contributed by atoms with Crippen molar-refractivity contribution in [3.63, 3.8) is 0 Å². The molecule has 2 fully saturated rings. The number of aryl methyl sites for hydroxylation is 1. The van der Waals surface area contributed by atoms with Gasteiger partial charge in [0.25, 0.3) is 0 Å². The Morgan fingerprint density at radius 1 is 1.15 bits per heavy atom. The Bertz CT molecular complexity index is 902. The van der Waals surface area contributed by atoms with Crippen LogP contribution in [0, 0.1) is 5.92 Å². The molecule has 1 aromatic heterocycles. The summed E-state index contributed by atoms with van der Waals surface area (Å²) in [5.41, 5.74) is 4.57. The molecule has 34 heavy (non-hydrogen) atoms. The number of hydrogen-bond donors (Lipinski definition) is 4. The number of fused-ring (bicyclic) bond motifs is 3. The fourth-order valence-corrected chi connectivity index (χ4v) is 5.32. The summed E-state index contributed by atoms with van der Waals surface area (Å²) in [5.74, 6) is 0.513. The molecule has 5 aliphatic rings. The molecule has 2 aliphatic heterocycles. The Morgan fingerprint density at radius 2 is 1.94 bits per heavy atom. The van der Waals surface area contributed by atoms with Gasteiger partial charge >= 0.3 is 5.97 Å². The first-order valence-electron chi connectivity index (χ1n) is 12.8. The average Bonchev–Trinajstić information content (AvgIpc) is 2.84. The molecule has 1 unspecified atom stereocenters. The van der Waals surface area contributed by atoms with Crippen LogP contribution in [0.1, 0.15) is 69.0 Å². The largest absolute Gasteiger partial charge is 0.480 e. The van der Waals surface area contributed by atoms with Crippen molar-refractivity contribution in [3.05, 3.63) is 34.5 Å². The number of nitrogens with one attached hydrogen (secondary N) is 2. The number of anilines is 1. The number of amides is 1. The lowest BCUT2D eigenvalue weighted by molar-refractivity contribution is -0.141. The van der Waals surface area contributed by atoms with Gasteiger partial charge in [0.15, 0.2) is 0 Å². The van der Waals surface area contributed by atoms with Gasteiger partial charge in [-0.05, 0) is 82.0 Å². The first-order valence-corrected chi connectivity index (χ1v) is 12.8. The van der Waals surface area contributed by atoms with Crippen molar-refractivity contribution in [2.24, 2.45) is 5.92 Å². The van der Waals surface area contributed by atoms with Gasteiger partial charge in [0, 0.05) is 31.7 Å². The summed E-state index contributed by atoms with van der Waals surface area (Å²) < 4.78 is 0. The van der Waals surface area contributed by atoms with E-state index in [1.165, 1.54) is 62.0 Å². The van der Waals surface area contributed by atoms with Crippen LogP contribution in [0.15, 0.2) is 23.3 Å². The molecule has 3 aliphatic carbocycles. The molecule has 3 heterocycles. The van der Waals surface area contributed by atoms with Gasteiger partial charge in [-0.25, -0.2) is 9.78 Å². The van der Waals surface area contributed by atoms with Crippen LogP contribution >= 0.6 is 0 Å². The predicted molar refractivity (Wildman–Crippen MR) is 130 cm³/mol. The maximum absolute atomic E-state index is 11.9. The highest BCUT2D eigenvalue weighted by Gasteiger charge is 2.34. The number of piperidine rings is 1. The number of allylic oxidation sites excluding steroid dienone is 1. The van der Waals surface area contributed by atoms with Crippen LogP contribution in [0.3, 0.4) is 0 Å². The number of aromatic nitrogens is 1. The van der Waals surface area contributed by atoms with Crippen molar-refractivity contribution in [2.45, 2.75) is 76.8 Å². The van der Waals surface area contributed by atoms with Gasteiger partial charge in [0.2, 0.25) is 5.91 Å². The summed E-state index contributed by atoms with van der Waals surface area (Å²) in [7, 11) is 0. The Hall–Kier alpha value is -2.45. The highest BCUT2D eigenvalue weighted by atomic mass is 16.4. The van der Waals surface area contributed by atoms with Crippen molar-refractivity contribution < 1.29 is 19.8 Å². The van der Waals surface area contributed by atoms with E-state index in [1.807, 2.05) is 0 Å². The number of aliphatic hydroxyl groups is 1. The van der Waals surface area contributed by atoms with Gasteiger partial charge in [0.05, 0.1) is 5.69 Å². The van der Waals surface area contributed by atoms with Crippen molar-refractivity contribution in [2.75, 3.05) is 31.6 Å². The maximum Gasteiger partial charge on any atom is 0.326 e. The number of likely N-dealkylation sites (tertiary alicyclic amines) is 1. The van der Waals surface area contributed by atoms with Gasteiger partial charge in [0.1, 0.15) is 11.9 Å². The van der Waals surface area contributed by atoms with Crippen LogP contribution in [0.5, 0.6) is 0 Å². The number of hydrogen-bond acceptors (Lipinski definition) is 6. The van der Waals surface area contributed by atoms with Crippen LogP contribution < -0.4 is 10.6 Å². The van der Waals surface area contributed by atoms with Crippen molar-refractivity contribution in [1.29, 1.82) is 0 Å². The number of pyridine rings is 1. The maximum atomic E-state index is 11.9. The summed E-state index contributed by atoms with van der Waals surface area (Å²) in [6.07, 6.45) is 10.4. The molecule has 1 amide bonds. The minimum Gasteiger partial charge on any atom is -0.480 e. The zero-order chi connectivity index (χ0) is 23.9. The first kappa shape index (κ1) is 24.7. The molecule has 2 bridgehead atoms. The molecule has 4 N–H and O–H groups in total. The van der Waals surface area contributed by atoms with Crippen molar-refractivity contribution in [3.8, 4) is 0 Å². The molecule has 186 valence electrons. The van der Waals surface area contributed by atoms with Crippen molar-refractivity contribution >= 4 is 17.7 Å².